The summed E-state index contributed by atoms with van der Waals surface area (Å²) in [6.45, 7) is 6.87. The molecule has 2 unspecified atom stereocenters. The van der Waals surface area contributed by atoms with E-state index in [1.54, 1.807) is 0 Å². The van der Waals surface area contributed by atoms with Crippen LogP contribution in [0.5, 0.6) is 0 Å². The molecule has 0 spiro atoms. The summed E-state index contributed by atoms with van der Waals surface area (Å²) >= 11 is 1.90. The summed E-state index contributed by atoms with van der Waals surface area (Å²) in [7, 11) is 2.09. The largest absolute Gasteiger partial charge is 0.333 e. The lowest BCUT2D eigenvalue weighted by Crippen LogP contribution is -2.49. The van der Waals surface area contributed by atoms with E-state index in [0.29, 0.717) is 16.7 Å². The monoisotopic (exact) mass is 303 g/mol. The second kappa shape index (κ2) is 5.65. The standard InChI is InChI=1S/C17H25N3S/c1-11-7-8-12-13(10-11)20-16(19-12)21-14-6-5-9-17(2,3)15(14)18-4/h7-8,10,14-15,18H,5-6,9H2,1-4H3,(H,19,20). The third-order valence-electron chi connectivity index (χ3n) is 4.71. The van der Waals surface area contributed by atoms with E-state index in [-0.39, 0.29) is 0 Å². The number of nitrogens with one attached hydrogen (secondary N) is 2. The van der Waals surface area contributed by atoms with Crippen LogP contribution in [0.15, 0.2) is 23.4 Å². The summed E-state index contributed by atoms with van der Waals surface area (Å²) in [5, 5.41) is 5.18. The number of aryl methyl sites for hydroxylation is 1. The van der Waals surface area contributed by atoms with Gasteiger partial charge in [-0.3, -0.25) is 0 Å². The molecule has 0 amide bonds. The van der Waals surface area contributed by atoms with E-state index in [2.05, 4.69) is 56.3 Å². The molecule has 1 saturated carbocycles. The summed E-state index contributed by atoms with van der Waals surface area (Å²) in [5.74, 6) is 0. The van der Waals surface area contributed by atoms with Crippen molar-refractivity contribution in [1.82, 2.24) is 15.3 Å². The summed E-state index contributed by atoms with van der Waals surface area (Å²) < 4.78 is 0. The van der Waals surface area contributed by atoms with Crippen LogP contribution in [0.2, 0.25) is 0 Å². The number of thioether (sulfide) groups is 1. The van der Waals surface area contributed by atoms with Crippen LogP contribution in [0.25, 0.3) is 11.0 Å². The number of aromatic amines is 1. The van der Waals surface area contributed by atoms with Crippen molar-refractivity contribution in [3.05, 3.63) is 23.8 Å². The molecule has 1 aromatic carbocycles. The minimum absolute atomic E-state index is 0.354. The molecule has 1 fully saturated rings. The second-order valence-corrected chi connectivity index (χ2v) is 8.09. The van der Waals surface area contributed by atoms with Gasteiger partial charge in [0.2, 0.25) is 0 Å². The predicted molar refractivity (Wildman–Crippen MR) is 91.0 cm³/mol. The van der Waals surface area contributed by atoms with Gasteiger partial charge in [0.25, 0.3) is 0 Å². The highest BCUT2D eigenvalue weighted by Crippen LogP contribution is 2.42. The van der Waals surface area contributed by atoms with Crippen molar-refractivity contribution in [3.63, 3.8) is 0 Å². The molecule has 114 valence electrons. The zero-order chi connectivity index (χ0) is 15.0. The van der Waals surface area contributed by atoms with Gasteiger partial charge in [-0.25, -0.2) is 4.98 Å². The average Bonchev–Trinajstić information content (AvgIpc) is 2.79. The van der Waals surface area contributed by atoms with Gasteiger partial charge in [0.15, 0.2) is 5.16 Å². The van der Waals surface area contributed by atoms with Crippen molar-refractivity contribution < 1.29 is 0 Å². The molecule has 1 aliphatic rings. The fraction of sp³-hybridized carbons (Fsp3) is 0.588. The van der Waals surface area contributed by atoms with Gasteiger partial charge in [-0.1, -0.05) is 38.1 Å². The number of benzene rings is 1. The van der Waals surface area contributed by atoms with Crippen molar-refractivity contribution in [2.24, 2.45) is 5.41 Å². The lowest BCUT2D eigenvalue weighted by Gasteiger charge is -2.43. The number of rotatable bonds is 3. The molecule has 1 aromatic heterocycles. The molecule has 2 atom stereocenters. The number of aromatic nitrogens is 2. The molecule has 0 saturated heterocycles. The third-order valence-corrected chi connectivity index (χ3v) is 5.94. The first kappa shape index (κ1) is 14.9. The Morgan fingerprint density at radius 2 is 2.19 bits per heavy atom. The molecule has 2 aromatic rings. The van der Waals surface area contributed by atoms with E-state index in [4.69, 9.17) is 4.98 Å². The van der Waals surface area contributed by atoms with E-state index < -0.39 is 0 Å². The van der Waals surface area contributed by atoms with Crippen LogP contribution >= 0.6 is 11.8 Å². The molecular formula is C17H25N3S. The highest BCUT2D eigenvalue weighted by molar-refractivity contribution is 7.99. The van der Waals surface area contributed by atoms with Gasteiger partial charge in [0, 0.05) is 11.3 Å². The lowest BCUT2D eigenvalue weighted by molar-refractivity contribution is 0.182. The van der Waals surface area contributed by atoms with Crippen molar-refractivity contribution in [3.8, 4) is 0 Å². The molecule has 0 aliphatic heterocycles. The summed E-state index contributed by atoms with van der Waals surface area (Å²) in [6, 6.07) is 6.93. The zero-order valence-corrected chi connectivity index (χ0v) is 14.2. The molecule has 0 radical (unpaired) electrons. The maximum atomic E-state index is 4.74. The Kier molecular flexibility index (Phi) is 4.02. The minimum Gasteiger partial charge on any atom is -0.333 e. The first-order valence-corrected chi connectivity index (χ1v) is 8.68. The molecule has 1 heterocycles. The van der Waals surface area contributed by atoms with Crippen molar-refractivity contribution in [1.29, 1.82) is 0 Å². The van der Waals surface area contributed by atoms with Crippen LogP contribution in [-0.2, 0) is 0 Å². The Hall–Kier alpha value is -1.00. The van der Waals surface area contributed by atoms with Gasteiger partial charge in [0.05, 0.1) is 11.0 Å². The Morgan fingerprint density at radius 1 is 1.38 bits per heavy atom. The van der Waals surface area contributed by atoms with E-state index in [0.717, 1.165) is 16.2 Å². The highest BCUT2D eigenvalue weighted by Gasteiger charge is 2.38. The number of imidazole rings is 1. The Balaban J connectivity index is 1.83. The normalized spacial score (nSPS) is 25.3. The van der Waals surface area contributed by atoms with Crippen LogP contribution in [0, 0.1) is 12.3 Å². The van der Waals surface area contributed by atoms with Gasteiger partial charge in [-0.15, -0.1) is 0 Å². The van der Waals surface area contributed by atoms with Crippen molar-refractivity contribution in [2.75, 3.05) is 7.05 Å². The van der Waals surface area contributed by atoms with Gasteiger partial charge in [0.1, 0.15) is 0 Å². The van der Waals surface area contributed by atoms with Gasteiger partial charge < -0.3 is 10.3 Å². The molecular weight excluding hydrogens is 278 g/mol. The fourth-order valence-corrected chi connectivity index (χ4v) is 5.12. The molecule has 3 rings (SSSR count). The van der Waals surface area contributed by atoms with Crippen LogP contribution in [0.1, 0.15) is 38.7 Å². The van der Waals surface area contributed by atoms with E-state index in [1.165, 1.54) is 24.8 Å². The zero-order valence-electron chi connectivity index (χ0n) is 13.4. The van der Waals surface area contributed by atoms with Crippen LogP contribution in [-0.4, -0.2) is 28.3 Å². The highest BCUT2D eigenvalue weighted by atomic mass is 32.2. The summed E-state index contributed by atoms with van der Waals surface area (Å²) in [5.41, 5.74) is 3.84. The van der Waals surface area contributed by atoms with Crippen LogP contribution in [0.3, 0.4) is 0 Å². The van der Waals surface area contributed by atoms with Crippen LogP contribution < -0.4 is 5.32 Å². The van der Waals surface area contributed by atoms with Gasteiger partial charge >= 0.3 is 0 Å². The first-order valence-electron chi connectivity index (χ1n) is 7.80. The van der Waals surface area contributed by atoms with Crippen molar-refractivity contribution in [2.45, 2.75) is 56.5 Å². The number of hydrogen-bond acceptors (Lipinski definition) is 3. The van der Waals surface area contributed by atoms with Gasteiger partial charge in [-0.05, 0) is 49.9 Å². The molecule has 3 nitrogen and oxygen atoms in total. The van der Waals surface area contributed by atoms with Crippen molar-refractivity contribution >= 4 is 22.8 Å². The number of fused-ring (bicyclic) bond motifs is 1. The quantitative estimate of drug-likeness (QED) is 0.895. The first-order chi connectivity index (χ1) is 9.99. The Labute approximate surface area is 131 Å². The summed E-state index contributed by atoms with van der Waals surface area (Å²) in [4.78, 5) is 8.22. The lowest BCUT2D eigenvalue weighted by atomic mass is 9.73. The number of hydrogen-bond donors (Lipinski definition) is 2. The SMILES string of the molecule is CNC1C(Sc2nc3ccc(C)cc3[nH]2)CCCC1(C)C. The molecule has 0 bridgehead atoms. The molecule has 4 heteroatoms. The Bertz CT molecular complexity index is 632. The molecule has 21 heavy (non-hydrogen) atoms. The molecule has 2 N–H and O–H groups in total. The topological polar surface area (TPSA) is 40.7 Å². The molecule has 1 aliphatic carbocycles. The van der Waals surface area contributed by atoms with Crippen LogP contribution in [0.4, 0.5) is 0 Å². The van der Waals surface area contributed by atoms with E-state index >= 15 is 0 Å². The number of nitrogens with zero attached hydrogens (tertiary/aromatic N) is 1. The fourth-order valence-electron chi connectivity index (χ4n) is 3.59. The Morgan fingerprint density at radius 3 is 2.95 bits per heavy atom. The second-order valence-electron chi connectivity index (χ2n) is 6.87. The maximum absolute atomic E-state index is 4.74. The average molecular weight is 303 g/mol. The predicted octanol–water partition coefficient (Wildman–Crippen LogP) is 4.13. The number of H-pyrrole nitrogens is 1. The van der Waals surface area contributed by atoms with E-state index in [9.17, 15) is 0 Å². The smallest absolute Gasteiger partial charge is 0.166 e. The van der Waals surface area contributed by atoms with E-state index in [1.807, 2.05) is 11.8 Å². The van der Waals surface area contributed by atoms with Gasteiger partial charge in [-0.2, -0.15) is 0 Å². The third kappa shape index (κ3) is 2.97. The summed E-state index contributed by atoms with van der Waals surface area (Å²) in [6.07, 6.45) is 3.87. The maximum Gasteiger partial charge on any atom is 0.166 e. The minimum atomic E-state index is 0.354.